The van der Waals surface area contributed by atoms with Gasteiger partial charge in [0.25, 0.3) is 0 Å². The first kappa shape index (κ1) is 21.3. The molecule has 1 aromatic rings. The fraction of sp³-hybridized carbons (Fsp3) is 0.682. The molecule has 1 heterocycles. The van der Waals surface area contributed by atoms with Crippen molar-refractivity contribution in [1.29, 1.82) is 0 Å². The predicted molar refractivity (Wildman–Crippen MR) is 111 cm³/mol. The molecule has 2 unspecified atom stereocenters. The summed E-state index contributed by atoms with van der Waals surface area (Å²) in [5.74, 6) is -0.768. The minimum absolute atomic E-state index is 0.230. The lowest BCUT2D eigenvalue weighted by Gasteiger charge is -2.39. The Morgan fingerprint density at radius 2 is 1.86 bits per heavy atom. The van der Waals surface area contributed by atoms with Crippen molar-refractivity contribution in [2.45, 2.75) is 70.1 Å². The number of hydrogen-bond acceptors (Lipinski definition) is 4. The van der Waals surface area contributed by atoms with Gasteiger partial charge in [0, 0.05) is 6.04 Å². The van der Waals surface area contributed by atoms with Gasteiger partial charge >= 0.3 is 13.1 Å². The van der Waals surface area contributed by atoms with Crippen LogP contribution in [0, 0.1) is 11.8 Å². The molecule has 0 radical (unpaired) electrons. The SMILES string of the molecule is O=C(O)C(CCCCB(O)O)C1CCN(C2CCCCc3ccccc32)CC1. The number of nitrogens with zero attached hydrogens (tertiary/aromatic N) is 1. The van der Waals surface area contributed by atoms with Crippen LogP contribution in [0.3, 0.4) is 0 Å². The molecular weight excluding hydrogens is 353 g/mol. The van der Waals surface area contributed by atoms with Crippen LogP contribution < -0.4 is 0 Å². The molecular formula is C22H34BNO4. The Kier molecular flexibility index (Phi) is 7.95. The van der Waals surface area contributed by atoms with E-state index in [4.69, 9.17) is 10.0 Å². The number of carbonyl (C=O) groups is 1. The van der Waals surface area contributed by atoms with E-state index in [0.29, 0.717) is 25.2 Å². The molecule has 1 saturated heterocycles. The van der Waals surface area contributed by atoms with Gasteiger partial charge in [0.1, 0.15) is 0 Å². The molecule has 154 valence electrons. The van der Waals surface area contributed by atoms with Gasteiger partial charge in [-0.1, -0.05) is 43.5 Å². The third kappa shape index (κ3) is 5.59. The van der Waals surface area contributed by atoms with E-state index in [1.54, 1.807) is 0 Å². The second-order valence-corrected chi connectivity index (χ2v) is 8.54. The molecule has 0 saturated carbocycles. The summed E-state index contributed by atoms with van der Waals surface area (Å²) in [5.41, 5.74) is 2.97. The molecule has 2 atom stereocenters. The van der Waals surface area contributed by atoms with Gasteiger partial charge in [0.2, 0.25) is 0 Å². The normalized spacial score (nSPS) is 22.3. The maximum absolute atomic E-state index is 11.8. The number of hydrogen-bond donors (Lipinski definition) is 3. The molecule has 1 aliphatic carbocycles. The number of likely N-dealkylation sites (tertiary alicyclic amines) is 1. The molecule has 1 fully saturated rings. The Balaban J connectivity index is 1.56. The fourth-order valence-electron chi connectivity index (χ4n) is 5.16. The largest absolute Gasteiger partial charge is 0.481 e. The summed E-state index contributed by atoms with van der Waals surface area (Å²) in [6.45, 7) is 1.95. The zero-order chi connectivity index (χ0) is 19.9. The van der Waals surface area contributed by atoms with Crippen LogP contribution in [0.15, 0.2) is 24.3 Å². The van der Waals surface area contributed by atoms with Gasteiger partial charge in [-0.3, -0.25) is 9.69 Å². The van der Waals surface area contributed by atoms with Gasteiger partial charge in [0.15, 0.2) is 0 Å². The first-order chi connectivity index (χ1) is 13.6. The molecule has 28 heavy (non-hydrogen) atoms. The van der Waals surface area contributed by atoms with Crippen LogP contribution in [0.2, 0.25) is 6.32 Å². The molecule has 3 rings (SSSR count). The first-order valence-electron chi connectivity index (χ1n) is 11.0. The number of rotatable bonds is 8. The number of unbranched alkanes of at least 4 members (excludes halogenated alkanes) is 1. The lowest BCUT2D eigenvalue weighted by atomic mass is 9.78. The minimum Gasteiger partial charge on any atom is -0.481 e. The molecule has 5 nitrogen and oxygen atoms in total. The van der Waals surface area contributed by atoms with E-state index >= 15 is 0 Å². The van der Waals surface area contributed by atoms with Gasteiger partial charge in [-0.05, 0) is 75.0 Å². The number of carboxylic acids is 1. The van der Waals surface area contributed by atoms with Crippen LogP contribution in [0.5, 0.6) is 0 Å². The van der Waals surface area contributed by atoms with E-state index < -0.39 is 13.1 Å². The van der Waals surface area contributed by atoms with E-state index in [1.807, 2.05) is 0 Å². The Hall–Kier alpha value is -1.37. The number of aliphatic carboxylic acids is 1. The van der Waals surface area contributed by atoms with Crippen LogP contribution in [-0.4, -0.2) is 46.2 Å². The second kappa shape index (κ2) is 10.4. The van der Waals surface area contributed by atoms with Gasteiger partial charge < -0.3 is 15.2 Å². The van der Waals surface area contributed by atoms with Gasteiger partial charge in [-0.15, -0.1) is 0 Å². The fourth-order valence-corrected chi connectivity index (χ4v) is 5.16. The molecule has 0 amide bonds. The van der Waals surface area contributed by atoms with Crippen molar-refractivity contribution in [3.8, 4) is 0 Å². The van der Waals surface area contributed by atoms with Gasteiger partial charge in [-0.25, -0.2) is 0 Å². The number of aryl methyl sites for hydroxylation is 1. The topological polar surface area (TPSA) is 81.0 Å². The van der Waals surface area contributed by atoms with Crippen LogP contribution in [0.4, 0.5) is 0 Å². The maximum Gasteiger partial charge on any atom is 0.451 e. The Bertz CT molecular complexity index is 631. The monoisotopic (exact) mass is 387 g/mol. The predicted octanol–water partition coefficient (Wildman–Crippen LogP) is 3.51. The highest BCUT2D eigenvalue weighted by molar-refractivity contribution is 6.40. The highest BCUT2D eigenvalue weighted by Gasteiger charge is 2.34. The van der Waals surface area contributed by atoms with Crippen molar-refractivity contribution < 1.29 is 19.9 Å². The number of piperidine rings is 1. The van der Waals surface area contributed by atoms with E-state index in [9.17, 15) is 9.90 Å². The van der Waals surface area contributed by atoms with Gasteiger partial charge in [-0.2, -0.15) is 0 Å². The van der Waals surface area contributed by atoms with E-state index in [0.717, 1.165) is 32.4 Å². The van der Waals surface area contributed by atoms with Crippen molar-refractivity contribution in [2.24, 2.45) is 11.8 Å². The third-order valence-electron chi connectivity index (χ3n) is 6.72. The lowest BCUT2D eigenvalue weighted by molar-refractivity contribution is -0.144. The Morgan fingerprint density at radius 1 is 1.11 bits per heavy atom. The molecule has 1 aromatic carbocycles. The minimum atomic E-state index is -1.28. The number of fused-ring (bicyclic) bond motifs is 1. The summed E-state index contributed by atoms with van der Waals surface area (Å²) < 4.78 is 0. The van der Waals surface area contributed by atoms with Crippen LogP contribution in [0.1, 0.15) is 68.5 Å². The molecule has 6 heteroatoms. The highest BCUT2D eigenvalue weighted by Crippen LogP contribution is 2.37. The maximum atomic E-state index is 11.8. The van der Waals surface area contributed by atoms with Crippen molar-refractivity contribution in [3.63, 3.8) is 0 Å². The van der Waals surface area contributed by atoms with Crippen molar-refractivity contribution >= 4 is 13.1 Å². The molecule has 0 aromatic heterocycles. The summed E-state index contributed by atoms with van der Waals surface area (Å²) in [4.78, 5) is 14.4. The molecule has 1 aliphatic heterocycles. The van der Waals surface area contributed by atoms with Crippen molar-refractivity contribution in [2.75, 3.05) is 13.1 Å². The van der Waals surface area contributed by atoms with Crippen LogP contribution >= 0.6 is 0 Å². The number of carboxylic acid groups (broad SMARTS) is 1. The Morgan fingerprint density at radius 3 is 2.57 bits per heavy atom. The third-order valence-corrected chi connectivity index (χ3v) is 6.72. The summed E-state index contributed by atoms with van der Waals surface area (Å²) in [6, 6.07) is 9.32. The lowest BCUT2D eigenvalue weighted by Crippen LogP contribution is -2.40. The highest BCUT2D eigenvalue weighted by atomic mass is 16.4. The average Bonchev–Trinajstić information content (AvgIpc) is 2.90. The summed E-state index contributed by atoms with van der Waals surface area (Å²) in [7, 11) is -1.28. The summed E-state index contributed by atoms with van der Waals surface area (Å²) >= 11 is 0. The van der Waals surface area contributed by atoms with Crippen LogP contribution in [0.25, 0.3) is 0 Å². The molecule has 2 aliphatic rings. The van der Waals surface area contributed by atoms with Gasteiger partial charge in [0.05, 0.1) is 5.92 Å². The van der Waals surface area contributed by atoms with Crippen molar-refractivity contribution in [3.05, 3.63) is 35.4 Å². The van der Waals surface area contributed by atoms with Crippen LogP contribution in [-0.2, 0) is 11.2 Å². The quantitative estimate of drug-likeness (QED) is 0.361. The smallest absolute Gasteiger partial charge is 0.451 e. The average molecular weight is 387 g/mol. The summed E-state index contributed by atoms with van der Waals surface area (Å²) in [6.07, 6.45) is 9.15. The zero-order valence-corrected chi connectivity index (χ0v) is 16.8. The van der Waals surface area contributed by atoms with E-state index in [2.05, 4.69) is 29.2 Å². The van der Waals surface area contributed by atoms with Crippen molar-refractivity contribution in [1.82, 2.24) is 4.90 Å². The molecule has 0 spiro atoms. The summed E-state index contributed by atoms with van der Waals surface area (Å²) in [5, 5.41) is 27.6. The zero-order valence-electron chi connectivity index (χ0n) is 16.8. The van der Waals surface area contributed by atoms with E-state index in [1.165, 1.54) is 36.8 Å². The van der Waals surface area contributed by atoms with E-state index in [-0.39, 0.29) is 11.8 Å². The Labute approximate surface area is 168 Å². The standard InChI is InChI=1S/C22H34BNO4/c25-22(26)20(10-5-6-14-23(27)28)18-12-15-24(16-13-18)21-11-4-2-8-17-7-1-3-9-19(17)21/h1,3,7,9,18,20-21,27-28H,2,4-6,8,10-16H2,(H,25,26). The first-order valence-corrected chi connectivity index (χ1v) is 11.0. The molecule has 0 bridgehead atoms. The molecule has 3 N–H and O–H groups in total. The second-order valence-electron chi connectivity index (χ2n) is 8.54. The number of benzene rings is 1.